The molecule has 0 spiro atoms. The van der Waals surface area contributed by atoms with Gasteiger partial charge in [0.2, 0.25) is 5.03 Å². The molecule has 0 fully saturated rings. The smallest absolute Gasteiger partial charge is 0.306 e. The number of rotatable bonds is 6. The monoisotopic (exact) mass is 354 g/mol. The third-order valence-electron chi connectivity index (χ3n) is 2.47. The number of hydrogen-bond donors (Lipinski definition) is 0. The van der Waals surface area contributed by atoms with E-state index < -0.39 is 16.0 Å². The van der Waals surface area contributed by atoms with Gasteiger partial charge in [-0.15, -0.1) is 5.10 Å². The lowest BCUT2D eigenvalue weighted by atomic mass is 10.4. The summed E-state index contributed by atoms with van der Waals surface area (Å²) in [4.78, 5) is 11.1. The SMILES string of the molecule is CCN(CCC(=O)OC)S(=O)(=O)c1c(Br)nnn1C. The average Bonchev–Trinajstić information content (AvgIpc) is 2.69. The summed E-state index contributed by atoms with van der Waals surface area (Å²) >= 11 is 3.05. The highest BCUT2D eigenvalue weighted by Crippen LogP contribution is 2.22. The molecule has 0 saturated heterocycles. The van der Waals surface area contributed by atoms with E-state index in [-0.39, 0.29) is 29.1 Å². The number of carbonyl (C=O) groups is 1. The van der Waals surface area contributed by atoms with Crippen molar-refractivity contribution in [1.29, 1.82) is 0 Å². The summed E-state index contributed by atoms with van der Waals surface area (Å²) in [6.45, 7) is 1.96. The molecule has 8 nitrogen and oxygen atoms in total. The fourth-order valence-electron chi connectivity index (χ4n) is 1.49. The molecule has 0 aliphatic rings. The van der Waals surface area contributed by atoms with E-state index in [1.54, 1.807) is 6.92 Å². The third-order valence-corrected chi connectivity index (χ3v) is 5.33. The molecule has 10 heteroatoms. The van der Waals surface area contributed by atoms with Crippen molar-refractivity contribution in [2.45, 2.75) is 18.4 Å². The summed E-state index contributed by atoms with van der Waals surface area (Å²) in [5.74, 6) is -0.462. The van der Waals surface area contributed by atoms with Crippen molar-refractivity contribution in [2.75, 3.05) is 20.2 Å². The molecule has 0 amide bonds. The number of carbonyl (C=O) groups excluding carboxylic acids is 1. The Morgan fingerprint density at radius 3 is 2.58 bits per heavy atom. The Balaban J connectivity index is 3.00. The number of halogens is 1. The molecule has 0 radical (unpaired) electrons. The molecule has 1 rings (SSSR count). The molecule has 0 bridgehead atoms. The van der Waals surface area contributed by atoms with E-state index in [1.807, 2.05) is 0 Å². The van der Waals surface area contributed by atoms with Crippen molar-refractivity contribution in [3.05, 3.63) is 4.60 Å². The average molecular weight is 355 g/mol. The van der Waals surface area contributed by atoms with Gasteiger partial charge in [0.25, 0.3) is 10.0 Å². The maximum Gasteiger partial charge on any atom is 0.306 e. The van der Waals surface area contributed by atoms with Crippen LogP contribution >= 0.6 is 15.9 Å². The summed E-state index contributed by atoms with van der Waals surface area (Å²) < 4.78 is 31.8. The van der Waals surface area contributed by atoms with E-state index in [0.29, 0.717) is 0 Å². The molecule has 0 atom stereocenters. The van der Waals surface area contributed by atoms with Crippen LogP contribution in [0.1, 0.15) is 13.3 Å². The van der Waals surface area contributed by atoms with Crippen molar-refractivity contribution in [3.8, 4) is 0 Å². The summed E-state index contributed by atoms with van der Waals surface area (Å²) in [7, 11) is -1.01. The summed E-state index contributed by atoms with van der Waals surface area (Å²) in [5.41, 5.74) is 0. The van der Waals surface area contributed by atoms with E-state index in [9.17, 15) is 13.2 Å². The van der Waals surface area contributed by atoms with Crippen LogP contribution in [0.5, 0.6) is 0 Å². The van der Waals surface area contributed by atoms with Gasteiger partial charge in [0, 0.05) is 20.1 Å². The lowest BCUT2D eigenvalue weighted by Crippen LogP contribution is -2.34. The van der Waals surface area contributed by atoms with Gasteiger partial charge in [0.05, 0.1) is 13.5 Å². The van der Waals surface area contributed by atoms with Gasteiger partial charge < -0.3 is 4.74 Å². The number of ether oxygens (including phenoxy) is 1. The molecule has 0 aromatic carbocycles. The van der Waals surface area contributed by atoms with Crippen molar-refractivity contribution < 1.29 is 17.9 Å². The molecule has 19 heavy (non-hydrogen) atoms. The number of nitrogens with zero attached hydrogens (tertiary/aromatic N) is 4. The largest absolute Gasteiger partial charge is 0.469 e. The minimum absolute atomic E-state index is 0.00747. The number of aryl methyl sites for hydroxylation is 1. The first-order valence-electron chi connectivity index (χ1n) is 5.46. The first-order chi connectivity index (χ1) is 8.84. The van der Waals surface area contributed by atoms with Gasteiger partial charge in [0.15, 0.2) is 4.60 Å². The highest BCUT2D eigenvalue weighted by Gasteiger charge is 2.30. The summed E-state index contributed by atoms with van der Waals surface area (Å²) in [6.07, 6.45) is -0.00747. The molecule has 108 valence electrons. The Morgan fingerprint density at radius 1 is 1.53 bits per heavy atom. The van der Waals surface area contributed by atoms with E-state index in [2.05, 4.69) is 31.0 Å². The minimum Gasteiger partial charge on any atom is -0.469 e. The zero-order valence-corrected chi connectivity index (χ0v) is 13.2. The number of sulfonamides is 1. The molecular formula is C9H15BrN4O4S. The lowest BCUT2D eigenvalue weighted by Gasteiger charge is -2.19. The highest BCUT2D eigenvalue weighted by molar-refractivity contribution is 9.10. The second kappa shape index (κ2) is 6.44. The second-order valence-corrected chi connectivity index (χ2v) is 6.24. The van der Waals surface area contributed by atoms with E-state index in [0.717, 1.165) is 0 Å². The first kappa shape index (κ1) is 16.1. The van der Waals surface area contributed by atoms with Gasteiger partial charge in [-0.1, -0.05) is 12.1 Å². The molecule has 0 aliphatic carbocycles. The third kappa shape index (κ3) is 3.51. The van der Waals surface area contributed by atoms with Gasteiger partial charge in [-0.2, -0.15) is 4.31 Å². The first-order valence-corrected chi connectivity index (χ1v) is 7.70. The van der Waals surface area contributed by atoms with Gasteiger partial charge in [0.1, 0.15) is 0 Å². The van der Waals surface area contributed by atoms with Crippen molar-refractivity contribution in [3.63, 3.8) is 0 Å². The fraction of sp³-hybridized carbons (Fsp3) is 0.667. The van der Waals surface area contributed by atoms with Crippen LogP contribution in [0.15, 0.2) is 9.63 Å². The zero-order chi connectivity index (χ0) is 14.6. The quantitative estimate of drug-likeness (QED) is 0.675. The van der Waals surface area contributed by atoms with Crippen LogP contribution in [0, 0.1) is 0 Å². The van der Waals surface area contributed by atoms with E-state index in [1.165, 1.54) is 23.1 Å². The maximum absolute atomic E-state index is 12.4. The molecule has 0 N–H and O–H groups in total. The summed E-state index contributed by atoms with van der Waals surface area (Å²) in [6, 6.07) is 0. The van der Waals surface area contributed by atoms with Crippen LogP contribution in [-0.4, -0.2) is 53.9 Å². The van der Waals surface area contributed by atoms with Crippen molar-refractivity contribution in [1.82, 2.24) is 19.3 Å². The van der Waals surface area contributed by atoms with Crippen LogP contribution in [0.3, 0.4) is 0 Å². The van der Waals surface area contributed by atoms with Crippen LogP contribution in [0.4, 0.5) is 0 Å². The summed E-state index contributed by atoms with van der Waals surface area (Å²) in [5, 5.41) is 7.23. The van der Waals surface area contributed by atoms with Crippen molar-refractivity contribution in [2.24, 2.45) is 7.05 Å². The standard InChI is InChI=1S/C9H15BrN4O4S/c1-4-14(6-5-7(15)18-3)19(16,17)9-8(10)11-12-13(9)2/h4-6H2,1-3H3. The Labute approximate surface area is 119 Å². The van der Waals surface area contributed by atoms with Crippen LogP contribution < -0.4 is 0 Å². The van der Waals surface area contributed by atoms with Gasteiger partial charge in [-0.25, -0.2) is 13.1 Å². The van der Waals surface area contributed by atoms with Crippen LogP contribution in [0.2, 0.25) is 0 Å². The van der Waals surface area contributed by atoms with Gasteiger partial charge in [-0.05, 0) is 15.9 Å². The molecule has 1 heterocycles. The van der Waals surface area contributed by atoms with Crippen LogP contribution in [-0.2, 0) is 26.6 Å². The van der Waals surface area contributed by atoms with Crippen molar-refractivity contribution >= 4 is 31.9 Å². The predicted octanol–water partition coefficient (Wildman–Crippen LogP) is 0.151. The highest BCUT2D eigenvalue weighted by atomic mass is 79.9. The Bertz CT molecular complexity index is 537. The van der Waals surface area contributed by atoms with Crippen LogP contribution in [0.25, 0.3) is 0 Å². The maximum atomic E-state index is 12.4. The topological polar surface area (TPSA) is 94.4 Å². The lowest BCUT2D eigenvalue weighted by molar-refractivity contribution is -0.140. The van der Waals surface area contributed by atoms with E-state index in [4.69, 9.17) is 0 Å². The number of esters is 1. The molecule has 0 aliphatic heterocycles. The van der Waals surface area contributed by atoms with Gasteiger partial charge >= 0.3 is 5.97 Å². The second-order valence-electron chi connectivity index (χ2n) is 3.63. The predicted molar refractivity (Wildman–Crippen MR) is 69.8 cm³/mol. The Hall–Kier alpha value is -1.00. The van der Waals surface area contributed by atoms with E-state index >= 15 is 0 Å². The zero-order valence-electron chi connectivity index (χ0n) is 10.8. The normalized spacial score (nSPS) is 11.8. The fourth-order valence-corrected chi connectivity index (χ4v) is 3.97. The van der Waals surface area contributed by atoms with Gasteiger partial charge in [-0.3, -0.25) is 4.79 Å². The molecule has 0 unspecified atom stereocenters. The molecule has 1 aromatic heterocycles. The Kier molecular flexibility index (Phi) is 5.44. The minimum atomic E-state index is -3.76. The molecule has 0 saturated carbocycles. The molecule has 1 aromatic rings. The Morgan fingerprint density at radius 2 is 2.16 bits per heavy atom. The number of aromatic nitrogens is 3. The number of hydrogen-bond acceptors (Lipinski definition) is 6. The number of methoxy groups -OCH3 is 1. The molecular weight excluding hydrogens is 340 g/mol.